The average molecular weight is 266 g/mol. The molecule has 3 heteroatoms. The molecule has 0 bridgehead atoms. The fourth-order valence-electron chi connectivity index (χ4n) is 3.54. The quantitative estimate of drug-likeness (QED) is 0.765. The zero-order valence-electron chi connectivity index (χ0n) is 11.9. The van der Waals surface area contributed by atoms with Gasteiger partial charge in [-0.15, -0.1) is 0 Å². The van der Waals surface area contributed by atoms with Crippen molar-refractivity contribution in [2.75, 3.05) is 12.3 Å². The minimum atomic E-state index is 0.269. The van der Waals surface area contributed by atoms with E-state index in [0.717, 1.165) is 12.3 Å². The first-order valence-electron chi connectivity index (χ1n) is 7.44. The van der Waals surface area contributed by atoms with Gasteiger partial charge in [-0.25, -0.2) is 0 Å². The summed E-state index contributed by atoms with van der Waals surface area (Å²) in [6.45, 7) is 8.16. The fraction of sp³-hybridized carbons (Fsp3) is 0.933. The van der Waals surface area contributed by atoms with E-state index in [0.29, 0.717) is 17.3 Å². The standard InChI is InChI=1S/C15H26N2S/c1-4-13-5-6-14(10-16)15(9-13)17-7-8-18-12(3)11(17)2/h11-15H,4-9H2,1-3H3. The van der Waals surface area contributed by atoms with Crippen molar-refractivity contribution in [3.8, 4) is 6.07 Å². The summed E-state index contributed by atoms with van der Waals surface area (Å²) < 4.78 is 0. The summed E-state index contributed by atoms with van der Waals surface area (Å²) in [5.41, 5.74) is 0. The lowest BCUT2D eigenvalue weighted by Crippen LogP contribution is -2.54. The van der Waals surface area contributed by atoms with Gasteiger partial charge in [-0.05, 0) is 32.1 Å². The van der Waals surface area contributed by atoms with E-state index in [1.54, 1.807) is 0 Å². The van der Waals surface area contributed by atoms with E-state index in [9.17, 15) is 5.26 Å². The van der Waals surface area contributed by atoms with Gasteiger partial charge in [0.2, 0.25) is 0 Å². The summed E-state index contributed by atoms with van der Waals surface area (Å²) in [6.07, 6.45) is 4.90. The van der Waals surface area contributed by atoms with Crippen molar-refractivity contribution in [1.29, 1.82) is 5.26 Å². The molecule has 1 aliphatic carbocycles. The second-order valence-corrected chi connectivity index (χ2v) is 7.43. The van der Waals surface area contributed by atoms with Crippen LogP contribution in [0.2, 0.25) is 0 Å². The Kier molecular flexibility index (Phi) is 4.98. The van der Waals surface area contributed by atoms with E-state index < -0.39 is 0 Å². The van der Waals surface area contributed by atoms with Crippen LogP contribution in [0.1, 0.15) is 46.5 Å². The molecule has 102 valence electrons. The highest BCUT2D eigenvalue weighted by Crippen LogP contribution is 2.37. The molecule has 2 nitrogen and oxygen atoms in total. The molecule has 18 heavy (non-hydrogen) atoms. The number of nitriles is 1. The molecule has 1 aliphatic heterocycles. The molecule has 0 radical (unpaired) electrons. The molecule has 0 spiro atoms. The minimum Gasteiger partial charge on any atom is -0.294 e. The molecule has 5 atom stereocenters. The van der Waals surface area contributed by atoms with E-state index in [-0.39, 0.29) is 5.92 Å². The summed E-state index contributed by atoms with van der Waals surface area (Å²) >= 11 is 2.08. The van der Waals surface area contributed by atoms with Gasteiger partial charge in [0.25, 0.3) is 0 Å². The van der Waals surface area contributed by atoms with Gasteiger partial charge in [-0.1, -0.05) is 20.3 Å². The number of hydrogen-bond donors (Lipinski definition) is 0. The normalized spacial score (nSPS) is 42.4. The monoisotopic (exact) mass is 266 g/mol. The largest absolute Gasteiger partial charge is 0.294 e. The lowest BCUT2D eigenvalue weighted by molar-refractivity contribution is 0.0698. The van der Waals surface area contributed by atoms with Gasteiger partial charge in [0.1, 0.15) is 0 Å². The van der Waals surface area contributed by atoms with E-state index in [4.69, 9.17) is 0 Å². The van der Waals surface area contributed by atoms with Gasteiger partial charge in [0, 0.05) is 29.6 Å². The second kappa shape index (κ2) is 6.30. The van der Waals surface area contributed by atoms with Gasteiger partial charge >= 0.3 is 0 Å². The zero-order chi connectivity index (χ0) is 13.1. The van der Waals surface area contributed by atoms with Crippen molar-refractivity contribution in [1.82, 2.24) is 4.90 Å². The highest BCUT2D eigenvalue weighted by molar-refractivity contribution is 8.00. The Balaban J connectivity index is 2.09. The maximum Gasteiger partial charge on any atom is 0.0672 e. The molecule has 0 aromatic rings. The third kappa shape index (κ3) is 2.86. The molecule has 0 aromatic carbocycles. The number of thioether (sulfide) groups is 1. The molecule has 0 amide bonds. The van der Waals surface area contributed by atoms with Crippen molar-refractivity contribution < 1.29 is 0 Å². The number of hydrogen-bond acceptors (Lipinski definition) is 3. The summed E-state index contributed by atoms with van der Waals surface area (Å²) in [5, 5.41) is 10.1. The van der Waals surface area contributed by atoms with Crippen LogP contribution >= 0.6 is 11.8 Å². The third-order valence-corrected chi connectivity index (χ3v) is 6.37. The molecule has 2 aliphatic rings. The molecule has 1 saturated carbocycles. The topological polar surface area (TPSA) is 27.0 Å². The number of nitrogens with zero attached hydrogens (tertiary/aromatic N) is 2. The highest BCUT2D eigenvalue weighted by Gasteiger charge is 2.38. The van der Waals surface area contributed by atoms with E-state index in [2.05, 4.69) is 43.5 Å². The lowest BCUT2D eigenvalue weighted by Gasteiger charge is -2.47. The molecule has 1 heterocycles. The maximum atomic E-state index is 9.42. The van der Waals surface area contributed by atoms with Crippen molar-refractivity contribution in [2.45, 2.75) is 63.8 Å². The van der Waals surface area contributed by atoms with Crippen LogP contribution in [0.25, 0.3) is 0 Å². The smallest absolute Gasteiger partial charge is 0.0672 e. The lowest BCUT2D eigenvalue weighted by atomic mass is 9.76. The summed E-state index contributed by atoms with van der Waals surface area (Å²) in [5.74, 6) is 2.35. The van der Waals surface area contributed by atoms with E-state index in [1.165, 1.54) is 31.6 Å². The Morgan fingerprint density at radius 1 is 1.33 bits per heavy atom. The van der Waals surface area contributed by atoms with E-state index in [1.807, 2.05) is 0 Å². The molecule has 5 unspecified atom stereocenters. The third-order valence-electron chi connectivity index (χ3n) is 5.03. The van der Waals surface area contributed by atoms with Crippen molar-refractivity contribution >= 4 is 11.8 Å². The van der Waals surface area contributed by atoms with Crippen LogP contribution in [0.4, 0.5) is 0 Å². The van der Waals surface area contributed by atoms with Gasteiger partial charge in [0.15, 0.2) is 0 Å². The summed E-state index contributed by atoms with van der Waals surface area (Å²) in [7, 11) is 0. The first kappa shape index (κ1) is 14.2. The SMILES string of the molecule is CCC1CCC(C#N)C(N2CCSC(C)C2C)C1. The molecular formula is C15H26N2S. The Hall–Kier alpha value is -0.200. The highest BCUT2D eigenvalue weighted by atomic mass is 32.2. The van der Waals surface area contributed by atoms with Gasteiger partial charge in [-0.2, -0.15) is 17.0 Å². The maximum absolute atomic E-state index is 9.42. The average Bonchev–Trinajstić information content (AvgIpc) is 2.41. The summed E-state index contributed by atoms with van der Waals surface area (Å²) in [6, 6.07) is 3.73. The van der Waals surface area contributed by atoms with Crippen LogP contribution in [0.3, 0.4) is 0 Å². The molecular weight excluding hydrogens is 240 g/mol. The van der Waals surface area contributed by atoms with Crippen LogP contribution in [-0.2, 0) is 0 Å². The molecule has 2 fully saturated rings. The number of rotatable bonds is 2. The first-order chi connectivity index (χ1) is 8.67. The Morgan fingerprint density at radius 3 is 2.78 bits per heavy atom. The Morgan fingerprint density at radius 2 is 2.11 bits per heavy atom. The minimum absolute atomic E-state index is 0.269. The van der Waals surface area contributed by atoms with E-state index >= 15 is 0 Å². The van der Waals surface area contributed by atoms with Crippen LogP contribution in [0, 0.1) is 23.2 Å². The van der Waals surface area contributed by atoms with Crippen molar-refractivity contribution in [2.24, 2.45) is 11.8 Å². The van der Waals surface area contributed by atoms with Crippen molar-refractivity contribution in [3.63, 3.8) is 0 Å². The van der Waals surface area contributed by atoms with Gasteiger partial charge in [0.05, 0.1) is 12.0 Å². The van der Waals surface area contributed by atoms with Gasteiger partial charge in [-0.3, -0.25) is 4.90 Å². The van der Waals surface area contributed by atoms with Gasteiger partial charge < -0.3 is 0 Å². The van der Waals surface area contributed by atoms with Crippen LogP contribution in [-0.4, -0.2) is 34.5 Å². The van der Waals surface area contributed by atoms with Crippen LogP contribution in [0.15, 0.2) is 0 Å². The second-order valence-electron chi connectivity index (χ2n) is 5.94. The molecule has 1 saturated heterocycles. The van der Waals surface area contributed by atoms with Crippen LogP contribution < -0.4 is 0 Å². The first-order valence-corrected chi connectivity index (χ1v) is 8.49. The molecule has 2 rings (SSSR count). The predicted molar refractivity (Wildman–Crippen MR) is 78.6 cm³/mol. The predicted octanol–water partition coefficient (Wildman–Crippen LogP) is 3.53. The van der Waals surface area contributed by atoms with Crippen LogP contribution in [0.5, 0.6) is 0 Å². The zero-order valence-corrected chi connectivity index (χ0v) is 12.7. The molecule has 0 aromatic heterocycles. The summed E-state index contributed by atoms with van der Waals surface area (Å²) in [4.78, 5) is 2.65. The molecule has 0 N–H and O–H groups in total. The van der Waals surface area contributed by atoms with Crippen molar-refractivity contribution in [3.05, 3.63) is 0 Å². The fourth-order valence-corrected chi connectivity index (χ4v) is 4.67. The Labute approximate surface area is 116 Å². The Bertz CT molecular complexity index is 312.